The Kier molecular flexibility index (Phi) is 2.17. The first kappa shape index (κ1) is 10.0. The maximum Gasteiger partial charge on any atom is 0.586 e. The molecule has 1 aliphatic heterocycles. The van der Waals surface area contributed by atoms with E-state index in [0.717, 1.165) is 17.7 Å². The number of aryl methyl sites for hydroxylation is 1. The summed E-state index contributed by atoms with van der Waals surface area (Å²) in [6.45, 7) is 1.94. The van der Waals surface area contributed by atoms with Gasteiger partial charge in [0, 0.05) is 18.8 Å². The summed E-state index contributed by atoms with van der Waals surface area (Å²) >= 11 is 0. The second-order valence-corrected chi connectivity index (χ2v) is 3.23. The molecule has 0 saturated heterocycles. The van der Waals surface area contributed by atoms with E-state index in [1.807, 2.05) is 6.92 Å². The molecule has 5 heteroatoms. The van der Waals surface area contributed by atoms with Crippen molar-refractivity contribution in [2.45, 2.75) is 19.6 Å². The number of rotatable bonds is 2. The highest BCUT2D eigenvalue weighted by Gasteiger charge is 2.43. The second kappa shape index (κ2) is 3.25. The minimum absolute atomic E-state index is 0.0709. The summed E-state index contributed by atoms with van der Waals surface area (Å²) in [4.78, 5) is 0. The van der Waals surface area contributed by atoms with Crippen LogP contribution in [0.15, 0.2) is 12.1 Å². The van der Waals surface area contributed by atoms with Crippen LogP contribution in [0.2, 0.25) is 0 Å². The molecule has 1 aromatic rings. The fraction of sp³-hybridized carbons (Fsp3) is 0.400. The van der Waals surface area contributed by atoms with Crippen molar-refractivity contribution in [1.82, 2.24) is 0 Å². The number of nitrogens with one attached hydrogen (secondary N) is 1. The highest BCUT2D eigenvalue weighted by molar-refractivity contribution is 5.61. The van der Waals surface area contributed by atoms with Gasteiger partial charge >= 0.3 is 6.29 Å². The third-order valence-corrected chi connectivity index (χ3v) is 2.28. The average Bonchev–Trinajstić information content (AvgIpc) is 2.48. The van der Waals surface area contributed by atoms with Crippen molar-refractivity contribution in [3.63, 3.8) is 0 Å². The summed E-state index contributed by atoms with van der Waals surface area (Å²) in [5.74, 6) is 0.164. The van der Waals surface area contributed by atoms with Gasteiger partial charge in [-0.1, -0.05) is 6.92 Å². The molecule has 0 unspecified atom stereocenters. The van der Waals surface area contributed by atoms with Crippen molar-refractivity contribution in [3.8, 4) is 11.5 Å². The molecule has 0 atom stereocenters. The molecule has 82 valence electrons. The number of hydrogen-bond donors (Lipinski definition) is 1. The van der Waals surface area contributed by atoms with Crippen LogP contribution in [-0.4, -0.2) is 13.3 Å². The van der Waals surface area contributed by atoms with E-state index >= 15 is 0 Å². The maximum atomic E-state index is 12.7. The number of hydrogen-bond acceptors (Lipinski definition) is 3. The largest absolute Gasteiger partial charge is 0.586 e. The summed E-state index contributed by atoms with van der Waals surface area (Å²) in [6.07, 6.45) is -2.81. The molecule has 0 spiro atoms. The Balaban J connectivity index is 2.44. The van der Waals surface area contributed by atoms with Gasteiger partial charge in [0.2, 0.25) is 0 Å². The Hall–Kier alpha value is -1.52. The summed E-state index contributed by atoms with van der Waals surface area (Å²) in [5.41, 5.74) is 1.69. The third kappa shape index (κ3) is 1.69. The monoisotopic (exact) mass is 215 g/mol. The molecule has 0 aromatic heterocycles. The zero-order valence-electron chi connectivity index (χ0n) is 8.43. The van der Waals surface area contributed by atoms with E-state index in [9.17, 15) is 8.78 Å². The number of anilines is 1. The van der Waals surface area contributed by atoms with Crippen molar-refractivity contribution < 1.29 is 18.3 Å². The van der Waals surface area contributed by atoms with Crippen LogP contribution in [0, 0.1) is 0 Å². The standard InChI is InChI=1S/C10H11F2NO2/c1-3-6-4-8-9(5-7(6)13-2)15-10(11,12)14-8/h4-5,13H,3H2,1-2H3. The average molecular weight is 215 g/mol. The molecule has 1 aromatic carbocycles. The van der Waals surface area contributed by atoms with Crippen molar-refractivity contribution in [2.24, 2.45) is 0 Å². The van der Waals surface area contributed by atoms with E-state index in [1.54, 1.807) is 13.1 Å². The van der Waals surface area contributed by atoms with Crippen LogP contribution in [0.4, 0.5) is 14.5 Å². The van der Waals surface area contributed by atoms with Crippen LogP contribution in [0.25, 0.3) is 0 Å². The lowest BCUT2D eigenvalue weighted by Crippen LogP contribution is -2.25. The van der Waals surface area contributed by atoms with Crippen LogP contribution >= 0.6 is 0 Å². The second-order valence-electron chi connectivity index (χ2n) is 3.23. The molecular weight excluding hydrogens is 204 g/mol. The number of fused-ring (bicyclic) bond motifs is 1. The van der Waals surface area contributed by atoms with Crippen molar-refractivity contribution in [3.05, 3.63) is 17.7 Å². The smallest absolute Gasteiger partial charge is 0.395 e. The Bertz CT molecular complexity index is 358. The van der Waals surface area contributed by atoms with Gasteiger partial charge in [-0.15, -0.1) is 8.78 Å². The van der Waals surface area contributed by atoms with Gasteiger partial charge in [0.25, 0.3) is 0 Å². The van der Waals surface area contributed by atoms with E-state index in [2.05, 4.69) is 14.8 Å². The maximum absolute atomic E-state index is 12.7. The molecule has 0 saturated carbocycles. The molecule has 1 aliphatic rings. The van der Waals surface area contributed by atoms with E-state index in [0.29, 0.717) is 0 Å². The van der Waals surface area contributed by atoms with Crippen LogP contribution in [-0.2, 0) is 6.42 Å². The molecule has 0 aliphatic carbocycles. The van der Waals surface area contributed by atoms with E-state index in [4.69, 9.17) is 0 Å². The summed E-state index contributed by atoms with van der Waals surface area (Å²) < 4.78 is 34.2. The van der Waals surface area contributed by atoms with Gasteiger partial charge in [-0.3, -0.25) is 0 Å². The van der Waals surface area contributed by atoms with Crippen molar-refractivity contribution in [1.29, 1.82) is 0 Å². The quantitative estimate of drug-likeness (QED) is 0.822. The lowest BCUT2D eigenvalue weighted by Gasteiger charge is -2.07. The van der Waals surface area contributed by atoms with Gasteiger partial charge in [0.15, 0.2) is 11.5 Å². The predicted octanol–water partition coefficient (Wildman–Crippen LogP) is 2.61. The molecule has 0 bridgehead atoms. The topological polar surface area (TPSA) is 30.5 Å². The van der Waals surface area contributed by atoms with Gasteiger partial charge < -0.3 is 14.8 Å². The van der Waals surface area contributed by atoms with E-state index in [-0.39, 0.29) is 11.5 Å². The molecule has 2 rings (SSSR count). The van der Waals surface area contributed by atoms with Crippen LogP contribution in [0.1, 0.15) is 12.5 Å². The zero-order valence-corrected chi connectivity index (χ0v) is 8.43. The minimum atomic E-state index is -3.54. The van der Waals surface area contributed by atoms with Gasteiger partial charge in [0.1, 0.15) is 0 Å². The lowest BCUT2D eigenvalue weighted by atomic mass is 10.1. The van der Waals surface area contributed by atoms with Gasteiger partial charge in [-0.2, -0.15) is 0 Å². The lowest BCUT2D eigenvalue weighted by molar-refractivity contribution is -0.286. The normalized spacial score (nSPS) is 16.5. The van der Waals surface area contributed by atoms with Crippen molar-refractivity contribution >= 4 is 5.69 Å². The van der Waals surface area contributed by atoms with E-state index < -0.39 is 6.29 Å². The molecule has 0 radical (unpaired) electrons. The molecule has 1 heterocycles. The molecule has 0 fully saturated rings. The minimum Gasteiger partial charge on any atom is -0.395 e. The predicted molar refractivity (Wildman–Crippen MR) is 51.6 cm³/mol. The fourth-order valence-corrected chi connectivity index (χ4v) is 1.56. The molecular formula is C10H11F2NO2. The summed E-state index contributed by atoms with van der Waals surface area (Å²) in [5, 5.41) is 2.92. The number of alkyl halides is 2. The van der Waals surface area contributed by atoms with Crippen molar-refractivity contribution in [2.75, 3.05) is 12.4 Å². The Morgan fingerprint density at radius 3 is 2.40 bits per heavy atom. The van der Waals surface area contributed by atoms with Crippen LogP contribution in [0.5, 0.6) is 11.5 Å². The van der Waals surface area contributed by atoms with E-state index in [1.165, 1.54) is 6.07 Å². The number of benzene rings is 1. The Labute approximate surface area is 86.0 Å². The highest BCUT2D eigenvalue weighted by Crippen LogP contribution is 2.43. The van der Waals surface area contributed by atoms with Crippen LogP contribution < -0.4 is 14.8 Å². The Morgan fingerprint density at radius 2 is 1.87 bits per heavy atom. The highest BCUT2D eigenvalue weighted by atomic mass is 19.3. The first-order valence-electron chi connectivity index (χ1n) is 4.66. The summed E-state index contributed by atoms with van der Waals surface area (Å²) in [7, 11) is 1.73. The molecule has 15 heavy (non-hydrogen) atoms. The first-order chi connectivity index (χ1) is 7.05. The van der Waals surface area contributed by atoms with Gasteiger partial charge in [-0.05, 0) is 18.1 Å². The summed E-state index contributed by atoms with van der Waals surface area (Å²) in [6, 6.07) is 3.09. The molecule has 3 nitrogen and oxygen atoms in total. The zero-order chi connectivity index (χ0) is 11.1. The molecule has 1 N–H and O–H groups in total. The Morgan fingerprint density at radius 1 is 1.27 bits per heavy atom. The molecule has 0 amide bonds. The SMILES string of the molecule is CCc1cc2c(cc1NC)OC(F)(F)O2. The number of ether oxygens (including phenoxy) is 2. The fourth-order valence-electron chi connectivity index (χ4n) is 1.56. The first-order valence-corrected chi connectivity index (χ1v) is 4.66. The third-order valence-electron chi connectivity index (χ3n) is 2.28. The van der Waals surface area contributed by atoms with Gasteiger partial charge in [0.05, 0.1) is 0 Å². The van der Waals surface area contributed by atoms with Gasteiger partial charge in [-0.25, -0.2) is 0 Å². The van der Waals surface area contributed by atoms with Crippen LogP contribution in [0.3, 0.4) is 0 Å². The number of halogens is 2.